The molecule has 0 rings (SSSR count). The summed E-state index contributed by atoms with van der Waals surface area (Å²) in [7, 11) is 0. The summed E-state index contributed by atoms with van der Waals surface area (Å²) < 4.78 is 5.03. The van der Waals surface area contributed by atoms with E-state index in [-0.39, 0.29) is 6.04 Å². The van der Waals surface area contributed by atoms with Gasteiger partial charge in [0.15, 0.2) is 0 Å². The van der Waals surface area contributed by atoms with Gasteiger partial charge in [0, 0.05) is 5.33 Å². The Labute approximate surface area is 93.1 Å². The Morgan fingerprint density at radius 1 is 1.57 bits per heavy atom. The molecule has 0 radical (unpaired) electrons. The average molecular weight is 268 g/mol. The lowest BCUT2D eigenvalue weighted by molar-refractivity contribution is 0.0453. The largest absolute Gasteiger partial charge is 0.444 e. The summed E-state index contributed by atoms with van der Waals surface area (Å²) in [5.74, 6) is 0. The fourth-order valence-corrected chi connectivity index (χ4v) is 1.28. The minimum atomic E-state index is -0.609. The zero-order valence-corrected chi connectivity index (χ0v) is 10.6. The fraction of sp³-hybridized carbons (Fsp3) is 0.889. The van der Waals surface area contributed by atoms with E-state index in [0.29, 0.717) is 5.33 Å². The van der Waals surface area contributed by atoms with Crippen molar-refractivity contribution in [3.8, 4) is 0 Å². The number of aliphatic hydroxyl groups excluding tert-OH is 1. The highest BCUT2D eigenvalue weighted by atomic mass is 79.9. The van der Waals surface area contributed by atoms with E-state index in [1.807, 2.05) is 0 Å². The molecule has 84 valence electrons. The van der Waals surface area contributed by atoms with Crippen molar-refractivity contribution >= 4 is 22.0 Å². The van der Waals surface area contributed by atoms with Crippen molar-refractivity contribution in [1.29, 1.82) is 0 Å². The summed E-state index contributed by atoms with van der Waals surface area (Å²) in [6.45, 7) is 7.09. The van der Waals surface area contributed by atoms with E-state index in [0.717, 1.165) is 0 Å². The molecule has 0 spiro atoms. The number of hydrogen-bond donors (Lipinski definition) is 2. The molecule has 2 unspecified atom stereocenters. The van der Waals surface area contributed by atoms with Gasteiger partial charge in [0.1, 0.15) is 5.60 Å². The van der Waals surface area contributed by atoms with Gasteiger partial charge in [-0.3, -0.25) is 0 Å². The second-order valence-electron chi connectivity index (χ2n) is 4.16. The molecule has 0 aromatic rings. The number of ether oxygens (including phenoxy) is 1. The van der Waals surface area contributed by atoms with Gasteiger partial charge >= 0.3 is 6.09 Å². The van der Waals surface area contributed by atoms with Gasteiger partial charge in [-0.05, 0) is 27.7 Å². The molecule has 0 aromatic heterocycles. The summed E-state index contributed by atoms with van der Waals surface area (Å²) >= 11 is 3.12. The number of amides is 1. The Morgan fingerprint density at radius 2 is 2.07 bits per heavy atom. The maximum absolute atomic E-state index is 11.2. The van der Waals surface area contributed by atoms with Crippen molar-refractivity contribution in [2.75, 3.05) is 5.33 Å². The molecule has 2 N–H and O–H groups in total. The van der Waals surface area contributed by atoms with Crippen molar-refractivity contribution in [2.45, 2.75) is 45.4 Å². The van der Waals surface area contributed by atoms with Crippen LogP contribution >= 0.6 is 15.9 Å². The zero-order chi connectivity index (χ0) is 11.4. The predicted octanol–water partition coefficient (Wildman–Crippen LogP) is 1.66. The second kappa shape index (κ2) is 5.56. The maximum Gasteiger partial charge on any atom is 0.407 e. The quantitative estimate of drug-likeness (QED) is 0.765. The first-order valence-corrected chi connectivity index (χ1v) is 5.62. The van der Waals surface area contributed by atoms with Crippen LogP contribution in [-0.2, 0) is 4.74 Å². The SMILES string of the molecule is CC(NC(=O)OC(C)(C)C)C(O)CBr. The smallest absolute Gasteiger partial charge is 0.407 e. The standard InChI is InChI=1S/C9H18BrNO3/c1-6(7(12)5-10)11-8(13)14-9(2,3)4/h6-7,12H,5H2,1-4H3,(H,11,13). The lowest BCUT2D eigenvalue weighted by Crippen LogP contribution is -2.44. The third-order valence-electron chi connectivity index (χ3n) is 1.48. The number of alkyl halides is 1. The number of rotatable bonds is 3. The van der Waals surface area contributed by atoms with Crippen LogP contribution in [-0.4, -0.2) is 34.3 Å². The van der Waals surface area contributed by atoms with Crippen LogP contribution in [0, 0.1) is 0 Å². The predicted molar refractivity (Wildman–Crippen MR) is 58.6 cm³/mol. The van der Waals surface area contributed by atoms with Gasteiger partial charge in [0.25, 0.3) is 0 Å². The number of alkyl carbamates (subject to hydrolysis) is 1. The van der Waals surface area contributed by atoms with Gasteiger partial charge in [-0.15, -0.1) is 0 Å². The van der Waals surface area contributed by atoms with Crippen molar-refractivity contribution < 1.29 is 14.6 Å². The Morgan fingerprint density at radius 3 is 2.43 bits per heavy atom. The van der Waals surface area contributed by atoms with Crippen molar-refractivity contribution in [2.24, 2.45) is 0 Å². The highest BCUT2D eigenvalue weighted by Crippen LogP contribution is 2.07. The summed E-state index contributed by atoms with van der Waals surface area (Å²) in [6.07, 6.45) is -1.12. The van der Waals surface area contributed by atoms with E-state index in [1.54, 1.807) is 27.7 Å². The summed E-state index contributed by atoms with van der Waals surface area (Å²) in [6, 6.07) is -0.329. The first-order chi connectivity index (χ1) is 6.26. The van der Waals surface area contributed by atoms with E-state index >= 15 is 0 Å². The molecule has 0 aliphatic carbocycles. The summed E-state index contributed by atoms with van der Waals surface area (Å²) in [4.78, 5) is 11.2. The number of carbonyl (C=O) groups is 1. The average Bonchev–Trinajstić information content (AvgIpc) is 1.99. The molecule has 0 bridgehead atoms. The van der Waals surface area contributed by atoms with E-state index in [4.69, 9.17) is 4.74 Å². The molecule has 0 aliphatic heterocycles. The number of halogens is 1. The van der Waals surface area contributed by atoms with Gasteiger partial charge in [-0.1, -0.05) is 15.9 Å². The minimum absolute atomic E-state index is 0.329. The van der Waals surface area contributed by atoms with Crippen LogP contribution in [0.2, 0.25) is 0 Å². The molecular weight excluding hydrogens is 250 g/mol. The van der Waals surface area contributed by atoms with Crippen molar-refractivity contribution in [1.82, 2.24) is 5.32 Å². The van der Waals surface area contributed by atoms with Crippen LogP contribution in [0.5, 0.6) is 0 Å². The van der Waals surface area contributed by atoms with E-state index in [2.05, 4.69) is 21.2 Å². The van der Waals surface area contributed by atoms with Crippen LogP contribution in [0.1, 0.15) is 27.7 Å². The first-order valence-electron chi connectivity index (χ1n) is 4.50. The molecular formula is C9H18BrNO3. The topological polar surface area (TPSA) is 58.6 Å². The minimum Gasteiger partial charge on any atom is -0.444 e. The molecule has 1 amide bonds. The Hall–Kier alpha value is -0.290. The third-order valence-corrected chi connectivity index (χ3v) is 2.14. The van der Waals surface area contributed by atoms with Gasteiger partial charge < -0.3 is 15.2 Å². The van der Waals surface area contributed by atoms with Crippen molar-refractivity contribution in [3.63, 3.8) is 0 Å². The summed E-state index contributed by atoms with van der Waals surface area (Å²) in [5.41, 5.74) is -0.511. The molecule has 14 heavy (non-hydrogen) atoms. The van der Waals surface area contributed by atoms with E-state index in [1.165, 1.54) is 0 Å². The molecule has 0 saturated carbocycles. The third kappa shape index (κ3) is 6.21. The molecule has 0 aromatic carbocycles. The zero-order valence-electron chi connectivity index (χ0n) is 9.00. The lowest BCUT2D eigenvalue weighted by Gasteiger charge is -2.23. The number of carbonyl (C=O) groups excluding carboxylic acids is 1. The van der Waals surface area contributed by atoms with Crippen LogP contribution in [0.4, 0.5) is 4.79 Å². The maximum atomic E-state index is 11.2. The van der Waals surface area contributed by atoms with Gasteiger partial charge in [-0.2, -0.15) is 0 Å². The van der Waals surface area contributed by atoms with Gasteiger partial charge in [-0.25, -0.2) is 4.79 Å². The number of hydrogen-bond acceptors (Lipinski definition) is 3. The first kappa shape index (κ1) is 13.7. The molecule has 4 nitrogen and oxygen atoms in total. The van der Waals surface area contributed by atoms with E-state index < -0.39 is 17.8 Å². The second-order valence-corrected chi connectivity index (χ2v) is 4.80. The number of nitrogens with one attached hydrogen (secondary N) is 1. The normalized spacial score (nSPS) is 15.9. The summed E-state index contributed by atoms with van der Waals surface area (Å²) in [5, 5.41) is 12.3. The highest BCUT2D eigenvalue weighted by Gasteiger charge is 2.20. The Bertz CT molecular complexity index is 191. The van der Waals surface area contributed by atoms with Crippen LogP contribution in [0.15, 0.2) is 0 Å². The molecule has 0 saturated heterocycles. The molecule has 0 fully saturated rings. The van der Waals surface area contributed by atoms with Gasteiger partial charge in [0.05, 0.1) is 12.1 Å². The van der Waals surface area contributed by atoms with Gasteiger partial charge in [0.2, 0.25) is 0 Å². The van der Waals surface area contributed by atoms with E-state index in [9.17, 15) is 9.90 Å². The monoisotopic (exact) mass is 267 g/mol. The highest BCUT2D eigenvalue weighted by molar-refractivity contribution is 9.09. The van der Waals surface area contributed by atoms with Crippen LogP contribution in [0.25, 0.3) is 0 Å². The molecule has 5 heteroatoms. The molecule has 0 heterocycles. The lowest BCUT2D eigenvalue weighted by atomic mass is 10.2. The Kier molecular flexibility index (Phi) is 5.44. The van der Waals surface area contributed by atoms with Crippen molar-refractivity contribution in [3.05, 3.63) is 0 Å². The Balaban J connectivity index is 3.95. The number of aliphatic hydroxyl groups is 1. The van der Waals surface area contributed by atoms with Crippen LogP contribution in [0.3, 0.4) is 0 Å². The fourth-order valence-electron chi connectivity index (χ4n) is 0.723. The molecule has 0 aliphatic rings. The van der Waals surface area contributed by atoms with Crippen LogP contribution < -0.4 is 5.32 Å². The molecule has 2 atom stereocenters.